The molecule has 3 rings (SSSR count). The van der Waals surface area contributed by atoms with Crippen molar-refractivity contribution >= 4 is 18.0 Å². The van der Waals surface area contributed by atoms with Gasteiger partial charge in [0.1, 0.15) is 12.6 Å². The molecule has 0 fully saturated rings. The van der Waals surface area contributed by atoms with Gasteiger partial charge in [-0.2, -0.15) is 0 Å². The molecule has 0 heterocycles. The summed E-state index contributed by atoms with van der Waals surface area (Å²) in [6.45, 7) is 5.94. The number of hydrogen-bond donors (Lipinski definition) is 4. The predicted molar refractivity (Wildman–Crippen MR) is 127 cm³/mol. The Morgan fingerprint density at radius 2 is 1.56 bits per heavy atom. The van der Waals surface area contributed by atoms with Crippen molar-refractivity contribution in [2.24, 2.45) is 5.41 Å². The maximum absolute atomic E-state index is 12.7. The molecule has 0 bridgehead atoms. The summed E-state index contributed by atoms with van der Waals surface area (Å²) in [7, 11) is 0. The lowest BCUT2D eigenvalue weighted by Gasteiger charge is -2.26. The average Bonchev–Trinajstić information content (AvgIpc) is 3.10. The summed E-state index contributed by atoms with van der Waals surface area (Å²) in [5, 5.41) is 23.4. The molecule has 0 radical (unpaired) electrons. The molecule has 0 saturated carbocycles. The minimum Gasteiger partial charge on any atom is -0.479 e. The molecule has 0 aromatic heterocycles. The smallest absolute Gasteiger partial charge is 0.407 e. The maximum atomic E-state index is 12.7. The summed E-state index contributed by atoms with van der Waals surface area (Å²) in [5.41, 5.74) is 4.18. The number of amides is 2. The standard InChI is InChI=1S/C26H32N2O6/c1-26(2,3)14-21(23(30)27-13-12-22(29)24(31)32)28-25(33)34-15-20-18-10-6-4-8-16(18)17-9-5-7-11-19(17)20/h4-11,20-22,29H,12-15H2,1-3H3,(H,27,30)(H,28,33)(H,31,32). The van der Waals surface area contributed by atoms with Crippen molar-refractivity contribution in [2.75, 3.05) is 13.2 Å². The molecular weight excluding hydrogens is 436 g/mol. The summed E-state index contributed by atoms with van der Waals surface area (Å²) < 4.78 is 5.56. The van der Waals surface area contributed by atoms with Gasteiger partial charge in [-0.3, -0.25) is 4.79 Å². The average molecular weight is 469 g/mol. The summed E-state index contributed by atoms with van der Waals surface area (Å²) in [6, 6.07) is 15.2. The fourth-order valence-electron chi connectivity index (χ4n) is 4.18. The second kappa shape index (κ2) is 10.7. The van der Waals surface area contributed by atoms with E-state index in [1.165, 1.54) is 0 Å². The zero-order valence-electron chi connectivity index (χ0n) is 19.7. The molecule has 0 saturated heterocycles. The summed E-state index contributed by atoms with van der Waals surface area (Å²) in [6.07, 6.45) is -2.04. The van der Waals surface area contributed by atoms with E-state index in [0.29, 0.717) is 6.42 Å². The third-order valence-electron chi connectivity index (χ3n) is 5.77. The monoisotopic (exact) mass is 468 g/mol. The maximum Gasteiger partial charge on any atom is 0.407 e. The number of hydrogen-bond acceptors (Lipinski definition) is 5. The van der Waals surface area contributed by atoms with Crippen LogP contribution in [-0.2, 0) is 14.3 Å². The molecule has 2 aromatic carbocycles. The van der Waals surface area contributed by atoms with Crippen LogP contribution in [-0.4, -0.2) is 53.5 Å². The van der Waals surface area contributed by atoms with Crippen molar-refractivity contribution in [1.29, 1.82) is 0 Å². The number of aliphatic hydroxyl groups is 1. The van der Waals surface area contributed by atoms with Crippen molar-refractivity contribution in [1.82, 2.24) is 10.6 Å². The van der Waals surface area contributed by atoms with Crippen LogP contribution >= 0.6 is 0 Å². The highest BCUT2D eigenvalue weighted by Gasteiger charge is 2.31. The Bertz CT molecular complexity index is 1000. The van der Waals surface area contributed by atoms with Crippen molar-refractivity contribution in [3.8, 4) is 11.1 Å². The normalized spacial score (nSPS) is 14.5. The van der Waals surface area contributed by atoms with Crippen LogP contribution in [0.1, 0.15) is 50.7 Å². The first-order chi connectivity index (χ1) is 16.1. The molecule has 1 aliphatic rings. The Labute approximate surface area is 199 Å². The Balaban J connectivity index is 1.62. The second-order valence-electron chi connectivity index (χ2n) is 9.72. The van der Waals surface area contributed by atoms with Gasteiger partial charge >= 0.3 is 12.1 Å². The third-order valence-corrected chi connectivity index (χ3v) is 5.77. The molecule has 2 atom stereocenters. The van der Waals surface area contributed by atoms with E-state index in [9.17, 15) is 19.5 Å². The van der Waals surface area contributed by atoms with Crippen LogP contribution in [0.15, 0.2) is 48.5 Å². The number of ether oxygens (including phenoxy) is 1. The number of carboxylic acid groups (broad SMARTS) is 1. The van der Waals surface area contributed by atoms with Gasteiger partial charge in [-0.05, 0) is 34.1 Å². The number of carbonyl (C=O) groups is 3. The number of fused-ring (bicyclic) bond motifs is 3. The minimum absolute atomic E-state index is 0.0285. The Kier molecular flexibility index (Phi) is 7.94. The van der Waals surface area contributed by atoms with E-state index in [1.807, 2.05) is 57.2 Å². The molecule has 4 N–H and O–H groups in total. The minimum atomic E-state index is -1.56. The highest BCUT2D eigenvalue weighted by molar-refractivity contribution is 5.86. The zero-order chi connectivity index (χ0) is 24.9. The van der Waals surface area contributed by atoms with Crippen molar-refractivity contribution < 1.29 is 29.3 Å². The van der Waals surface area contributed by atoms with E-state index < -0.39 is 30.1 Å². The van der Waals surface area contributed by atoms with E-state index >= 15 is 0 Å². The van der Waals surface area contributed by atoms with Crippen LogP contribution in [0.4, 0.5) is 4.79 Å². The highest BCUT2D eigenvalue weighted by atomic mass is 16.5. The van der Waals surface area contributed by atoms with Crippen LogP contribution in [0.3, 0.4) is 0 Å². The van der Waals surface area contributed by atoms with E-state index in [0.717, 1.165) is 22.3 Å². The Hall–Kier alpha value is -3.39. The first-order valence-corrected chi connectivity index (χ1v) is 11.4. The number of nitrogens with one attached hydrogen (secondary N) is 2. The van der Waals surface area contributed by atoms with Crippen LogP contribution in [0, 0.1) is 5.41 Å². The molecule has 1 aliphatic carbocycles. The van der Waals surface area contributed by atoms with Crippen molar-refractivity contribution in [3.63, 3.8) is 0 Å². The Morgan fingerprint density at radius 1 is 1.00 bits per heavy atom. The SMILES string of the molecule is CC(C)(C)CC(NC(=O)OCC1c2ccccc2-c2ccccc21)C(=O)NCCC(O)C(=O)O. The van der Waals surface area contributed by atoms with Gasteiger partial charge in [0.15, 0.2) is 6.10 Å². The molecule has 2 aromatic rings. The molecule has 8 nitrogen and oxygen atoms in total. The van der Waals surface area contributed by atoms with Gasteiger partial charge in [0.05, 0.1) is 0 Å². The second-order valence-corrected chi connectivity index (χ2v) is 9.72. The lowest BCUT2D eigenvalue weighted by molar-refractivity contribution is -0.147. The topological polar surface area (TPSA) is 125 Å². The van der Waals surface area contributed by atoms with E-state index in [2.05, 4.69) is 22.8 Å². The van der Waals surface area contributed by atoms with E-state index in [4.69, 9.17) is 9.84 Å². The van der Waals surface area contributed by atoms with Gasteiger partial charge in [-0.1, -0.05) is 69.3 Å². The van der Waals surface area contributed by atoms with Gasteiger partial charge in [-0.15, -0.1) is 0 Å². The van der Waals surface area contributed by atoms with E-state index in [-0.39, 0.29) is 30.9 Å². The molecular formula is C26H32N2O6. The first-order valence-electron chi connectivity index (χ1n) is 11.4. The third kappa shape index (κ3) is 6.35. The number of aliphatic hydroxyl groups excluding tert-OH is 1. The molecule has 34 heavy (non-hydrogen) atoms. The number of aliphatic carboxylic acids is 1. The number of alkyl carbamates (subject to hydrolysis) is 1. The number of carboxylic acids is 1. The van der Waals surface area contributed by atoms with Crippen LogP contribution in [0.5, 0.6) is 0 Å². The van der Waals surface area contributed by atoms with Gasteiger partial charge in [0.2, 0.25) is 5.91 Å². The lowest BCUT2D eigenvalue weighted by atomic mass is 9.88. The van der Waals surface area contributed by atoms with Gasteiger partial charge < -0.3 is 25.6 Å². The number of carbonyl (C=O) groups excluding carboxylic acids is 2. The molecule has 0 aliphatic heterocycles. The van der Waals surface area contributed by atoms with Crippen LogP contribution in [0.2, 0.25) is 0 Å². The molecule has 0 spiro atoms. The quantitative estimate of drug-likeness (QED) is 0.448. The fourth-order valence-corrected chi connectivity index (χ4v) is 4.18. The summed E-state index contributed by atoms with van der Waals surface area (Å²) >= 11 is 0. The first kappa shape index (κ1) is 25.2. The van der Waals surface area contributed by atoms with Crippen molar-refractivity contribution in [3.05, 3.63) is 59.7 Å². The van der Waals surface area contributed by atoms with Gasteiger partial charge in [0, 0.05) is 18.9 Å². The van der Waals surface area contributed by atoms with E-state index in [1.54, 1.807) is 0 Å². The van der Waals surface area contributed by atoms with Crippen LogP contribution < -0.4 is 10.6 Å². The van der Waals surface area contributed by atoms with Gasteiger partial charge in [0.25, 0.3) is 0 Å². The van der Waals surface area contributed by atoms with Gasteiger partial charge in [-0.25, -0.2) is 9.59 Å². The molecule has 182 valence electrons. The number of benzene rings is 2. The molecule has 8 heteroatoms. The fraction of sp³-hybridized carbons (Fsp3) is 0.423. The number of rotatable bonds is 9. The summed E-state index contributed by atoms with van der Waals surface area (Å²) in [4.78, 5) is 36.1. The Morgan fingerprint density at radius 3 is 2.09 bits per heavy atom. The van der Waals surface area contributed by atoms with Crippen LogP contribution in [0.25, 0.3) is 11.1 Å². The summed E-state index contributed by atoms with van der Waals surface area (Å²) in [5.74, 6) is -1.90. The molecule has 2 amide bonds. The molecule has 2 unspecified atom stereocenters. The van der Waals surface area contributed by atoms with Crippen molar-refractivity contribution in [2.45, 2.75) is 51.7 Å². The zero-order valence-corrected chi connectivity index (χ0v) is 19.7. The largest absolute Gasteiger partial charge is 0.479 e. The lowest BCUT2D eigenvalue weighted by Crippen LogP contribution is -2.49. The predicted octanol–water partition coefficient (Wildman–Crippen LogP) is 3.28. The highest BCUT2D eigenvalue weighted by Crippen LogP contribution is 2.44.